The summed E-state index contributed by atoms with van der Waals surface area (Å²) in [6.45, 7) is 1.87. The summed E-state index contributed by atoms with van der Waals surface area (Å²) in [6.07, 6.45) is -0.427. The molecule has 1 aromatic rings. The fourth-order valence-corrected chi connectivity index (χ4v) is 4.30. The Labute approximate surface area is 158 Å². The van der Waals surface area contributed by atoms with E-state index in [0.717, 1.165) is 13.8 Å². The molecule has 1 aromatic carbocycles. The van der Waals surface area contributed by atoms with Crippen molar-refractivity contribution in [1.29, 1.82) is 0 Å². The molecule has 1 amide bonds. The molecule has 0 fully saturated rings. The summed E-state index contributed by atoms with van der Waals surface area (Å²) >= 11 is 0. The molecule has 1 atom stereocenters. The van der Waals surface area contributed by atoms with Gasteiger partial charge >= 0.3 is 5.97 Å². The topological polar surface area (TPSA) is 155 Å². The standard InChI is InChI=1S/C16H23NO8S2/c1-16(2,15(20)17-8-9-27(23,24)25)26(21,22)11-13(10-14(18)19)12-6-4-3-5-7-12/h3-7,13H,8-11H2,1-2H3,(H,17,20)(H,18,19)(H,23,24,25). The van der Waals surface area contributed by atoms with Crippen LogP contribution < -0.4 is 5.32 Å². The van der Waals surface area contributed by atoms with E-state index in [4.69, 9.17) is 9.66 Å². The average molecular weight is 421 g/mol. The van der Waals surface area contributed by atoms with E-state index >= 15 is 0 Å². The van der Waals surface area contributed by atoms with Crippen LogP contribution in [-0.2, 0) is 29.5 Å². The van der Waals surface area contributed by atoms with Gasteiger partial charge in [-0.05, 0) is 19.4 Å². The zero-order valence-corrected chi connectivity index (χ0v) is 16.6. The second-order valence-electron chi connectivity index (χ2n) is 6.54. The van der Waals surface area contributed by atoms with Gasteiger partial charge in [0.15, 0.2) is 9.84 Å². The fourth-order valence-electron chi connectivity index (χ4n) is 2.33. The lowest BCUT2D eigenvalue weighted by Crippen LogP contribution is -2.50. The Hall–Kier alpha value is -1.98. The molecule has 0 bridgehead atoms. The van der Waals surface area contributed by atoms with Crippen LogP contribution >= 0.6 is 0 Å². The summed E-state index contributed by atoms with van der Waals surface area (Å²) in [4.78, 5) is 23.4. The molecule has 0 spiro atoms. The number of rotatable bonds is 10. The Bertz CT molecular complexity index is 876. The van der Waals surface area contributed by atoms with Crippen LogP contribution in [0.1, 0.15) is 31.7 Å². The molecule has 0 heterocycles. The minimum absolute atomic E-state index is 0.427. The van der Waals surface area contributed by atoms with Crippen molar-refractivity contribution in [3.8, 4) is 0 Å². The number of carbonyl (C=O) groups is 2. The fraction of sp³-hybridized carbons (Fsp3) is 0.500. The summed E-state index contributed by atoms with van der Waals surface area (Å²) < 4.78 is 53.7. The van der Waals surface area contributed by atoms with Crippen molar-refractivity contribution in [2.75, 3.05) is 18.1 Å². The lowest BCUT2D eigenvalue weighted by molar-refractivity contribution is -0.137. The van der Waals surface area contributed by atoms with Crippen LogP contribution in [0.25, 0.3) is 0 Å². The van der Waals surface area contributed by atoms with Crippen molar-refractivity contribution in [2.45, 2.75) is 30.9 Å². The molecule has 0 aliphatic rings. The monoisotopic (exact) mass is 421 g/mol. The van der Waals surface area contributed by atoms with Gasteiger partial charge in [0.1, 0.15) is 4.75 Å². The van der Waals surface area contributed by atoms with Gasteiger partial charge < -0.3 is 10.4 Å². The maximum atomic E-state index is 12.8. The first kappa shape index (κ1) is 23.1. The molecule has 0 aliphatic carbocycles. The number of carbonyl (C=O) groups excluding carboxylic acids is 1. The summed E-state index contributed by atoms with van der Waals surface area (Å²) in [7, 11) is -8.40. The normalized spacial score (nSPS) is 13.7. The zero-order chi connectivity index (χ0) is 20.9. The third kappa shape index (κ3) is 6.92. The number of hydrogen-bond acceptors (Lipinski definition) is 6. The van der Waals surface area contributed by atoms with Crippen molar-refractivity contribution in [1.82, 2.24) is 5.32 Å². The zero-order valence-electron chi connectivity index (χ0n) is 15.0. The van der Waals surface area contributed by atoms with Gasteiger partial charge in [0.25, 0.3) is 10.1 Å². The van der Waals surface area contributed by atoms with Crippen molar-refractivity contribution < 1.29 is 36.1 Å². The van der Waals surface area contributed by atoms with E-state index in [1.807, 2.05) is 0 Å². The molecular formula is C16H23NO8S2. The molecule has 9 nitrogen and oxygen atoms in total. The second-order valence-corrected chi connectivity index (χ2v) is 10.7. The van der Waals surface area contributed by atoms with Crippen molar-refractivity contribution >= 4 is 31.8 Å². The highest BCUT2D eigenvalue weighted by atomic mass is 32.2. The first-order valence-electron chi connectivity index (χ1n) is 7.99. The smallest absolute Gasteiger partial charge is 0.303 e. The number of carboxylic acids is 1. The number of nitrogens with one attached hydrogen (secondary N) is 1. The maximum absolute atomic E-state index is 12.8. The summed E-state index contributed by atoms with van der Waals surface area (Å²) in [5.41, 5.74) is 0.519. The molecular weight excluding hydrogens is 398 g/mol. The van der Waals surface area contributed by atoms with Crippen LogP contribution in [0.2, 0.25) is 0 Å². The largest absolute Gasteiger partial charge is 0.481 e. The van der Waals surface area contributed by atoms with Gasteiger partial charge in [-0.25, -0.2) is 8.42 Å². The quantitative estimate of drug-likeness (QED) is 0.460. The van der Waals surface area contributed by atoms with Crippen molar-refractivity contribution in [3.05, 3.63) is 35.9 Å². The third-order valence-corrected chi connectivity index (χ3v) is 7.38. The highest BCUT2D eigenvalue weighted by Gasteiger charge is 2.43. The van der Waals surface area contributed by atoms with Crippen LogP contribution in [0.3, 0.4) is 0 Å². The number of benzene rings is 1. The van der Waals surface area contributed by atoms with Gasteiger partial charge in [-0.3, -0.25) is 14.1 Å². The predicted molar refractivity (Wildman–Crippen MR) is 98.7 cm³/mol. The Morgan fingerprint density at radius 3 is 2.15 bits per heavy atom. The lowest BCUT2D eigenvalue weighted by atomic mass is 9.98. The molecule has 1 unspecified atom stereocenters. The number of amides is 1. The SMILES string of the molecule is CC(C)(C(=O)NCCS(=O)(=O)O)S(=O)(=O)CC(CC(=O)O)c1ccccc1. The second kappa shape index (κ2) is 8.81. The molecule has 0 radical (unpaired) electrons. The molecule has 0 aliphatic heterocycles. The van der Waals surface area contributed by atoms with E-state index in [1.54, 1.807) is 30.3 Å². The first-order valence-corrected chi connectivity index (χ1v) is 11.2. The van der Waals surface area contributed by atoms with E-state index in [0.29, 0.717) is 5.56 Å². The summed E-state index contributed by atoms with van der Waals surface area (Å²) in [5.74, 6) is -4.27. The molecule has 152 valence electrons. The minimum atomic E-state index is -4.30. The highest BCUT2D eigenvalue weighted by Crippen LogP contribution is 2.27. The average Bonchev–Trinajstić information content (AvgIpc) is 2.52. The number of carboxylic acid groups (broad SMARTS) is 1. The molecule has 27 heavy (non-hydrogen) atoms. The van der Waals surface area contributed by atoms with E-state index in [-0.39, 0.29) is 0 Å². The van der Waals surface area contributed by atoms with Gasteiger partial charge in [0.2, 0.25) is 5.91 Å². The van der Waals surface area contributed by atoms with Gasteiger partial charge in [0, 0.05) is 12.5 Å². The Morgan fingerprint density at radius 2 is 1.67 bits per heavy atom. The molecule has 0 saturated carbocycles. The molecule has 1 rings (SSSR count). The van der Waals surface area contributed by atoms with E-state index in [9.17, 15) is 26.4 Å². The Morgan fingerprint density at radius 1 is 1.11 bits per heavy atom. The van der Waals surface area contributed by atoms with Crippen LogP contribution in [-0.4, -0.2) is 61.2 Å². The van der Waals surface area contributed by atoms with E-state index < -0.39 is 67.0 Å². The van der Waals surface area contributed by atoms with Crippen LogP contribution in [0.5, 0.6) is 0 Å². The number of aliphatic carboxylic acids is 1. The van der Waals surface area contributed by atoms with Gasteiger partial charge in [-0.15, -0.1) is 0 Å². The molecule has 3 N–H and O–H groups in total. The Balaban J connectivity index is 2.99. The highest BCUT2D eigenvalue weighted by molar-refractivity contribution is 7.93. The van der Waals surface area contributed by atoms with Crippen molar-refractivity contribution in [2.24, 2.45) is 0 Å². The lowest BCUT2D eigenvalue weighted by Gasteiger charge is -2.26. The van der Waals surface area contributed by atoms with Crippen LogP contribution in [0.4, 0.5) is 0 Å². The first-order chi connectivity index (χ1) is 12.3. The summed E-state index contributed by atoms with van der Waals surface area (Å²) in [5, 5.41) is 11.3. The third-order valence-electron chi connectivity index (χ3n) is 4.08. The van der Waals surface area contributed by atoms with Crippen LogP contribution in [0.15, 0.2) is 30.3 Å². The van der Waals surface area contributed by atoms with Gasteiger partial charge in [-0.2, -0.15) is 8.42 Å². The van der Waals surface area contributed by atoms with Gasteiger partial charge in [-0.1, -0.05) is 30.3 Å². The summed E-state index contributed by atoms with van der Waals surface area (Å²) in [6, 6.07) is 8.25. The maximum Gasteiger partial charge on any atom is 0.303 e. The van der Waals surface area contributed by atoms with Crippen molar-refractivity contribution in [3.63, 3.8) is 0 Å². The van der Waals surface area contributed by atoms with Gasteiger partial charge in [0.05, 0.1) is 17.9 Å². The number of hydrogen-bond donors (Lipinski definition) is 3. The molecule has 0 aromatic heterocycles. The van der Waals surface area contributed by atoms with Crippen LogP contribution in [0, 0.1) is 0 Å². The number of sulfone groups is 1. The molecule has 0 saturated heterocycles. The minimum Gasteiger partial charge on any atom is -0.481 e. The van der Waals surface area contributed by atoms with E-state index in [2.05, 4.69) is 5.32 Å². The molecule has 11 heteroatoms. The van der Waals surface area contributed by atoms with E-state index in [1.165, 1.54) is 0 Å². The Kier molecular flexibility index (Phi) is 7.52. The predicted octanol–water partition coefficient (Wildman–Crippen LogP) is 0.442.